The number of hydrogen-bond acceptors (Lipinski definition) is 5. The van der Waals surface area contributed by atoms with E-state index in [4.69, 9.17) is 21.1 Å². The van der Waals surface area contributed by atoms with E-state index in [0.717, 1.165) is 16.7 Å². The van der Waals surface area contributed by atoms with E-state index in [1.807, 2.05) is 63.2 Å². The third kappa shape index (κ3) is 7.57. The average molecular weight is 496 g/mol. The van der Waals surface area contributed by atoms with Gasteiger partial charge in [-0.1, -0.05) is 54.1 Å². The molecule has 0 aliphatic heterocycles. The monoisotopic (exact) mass is 495 g/mol. The second kappa shape index (κ2) is 11.4. The number of esters is 1. The van der Waals surface area contributed by atoms with E-state index in [9.17, 15) is 14.7 Å². The Bertz CT molecular complexity index is 1170. The molecular weight excluding hydrogens is 466 g/mol. The second-order valence-electron chi connectivity index (χ2n) is 9.21. The van der Waals surface area contributed by atoms with E-state index in [-0.39, 0.29) is 5.97 Å². The number of amides is 1. The lowest BCUT2D eigenvalue weighted by Crippen LogP contribution is -2.32. The number of nitrogens with one attached hydrogen (secondary N) is 1. The highest BCUT2D eigenvalue weighted by atomic mass is 35.5. The average Bonchev–Trinajstić information content (AvgIpc) is 2.82. The number of carbonyl (C=O) groups is 2. The van der Waals surface area contributed by atoms with E-state index in [1.165, 1.54) is 7.11 Å². The van der Waals surface area contributed by atoms with E-state index in [0.29, 0.717) is 34.7 Å². The van der Waals surface area contributed by atoms with Crippen molar-refractivity contribution in [2.75, 3.05) is 7.11 Å². The van der Waals surface area contributed by atoms with Crippen molar-refractivity contribution < 1.29 is 24.2 Å². The van der Waals surface area contributed by atoms with Crippen LogP contribution in [0.4, 0.5) is 4.79 Å². The summed E-state index contributed by atoms with van der Waals surface area (Å²) in [6, 6.07) is 20.0. The molecule has 0 radical (unpaired) electrons. The molecule has 0 saturated heterocycles. The van der Waals surface area contributed by atoms with Gasteiger partial charge in [0.15, 0.2) is 0 Å². The Morgan fingerprint density at radius 2 is 1.60 bits per heavy atom. The number of rotatable bonds is 7. The molecule has 0 aromatic heterocycles. The molecule has 3 aromatic rings. The maximum absolute atomic E-state index is 11.9. The van der Waals surface area contributed by atoms with E-state index in [1.54, 1.807) is 24.3 Å². The molecule has 184 valence electrons. The second-order valence-corrected chi connectivity index (χ2v) is 9.64. The Kier molecular flexibility index (Phi) is 8.54. The van der Waals surface area contributed by atoms with Crippen molar-refractivity contribution in [1.29, 1.82) is 0 Å². The molecule has 2 N–H and O–H groups in total. The normalized spacial score (nSPS) is 12.1. The first kappa shape index (κ1) is 26.3. The molecule has 0 heterocycles. The zero-order valence-corrected chi connectivity index (χ0v) is 21.1. The van der Waals surface area contributed by atoms with E-state index >= 15 is 0 Å². The minimum Gasteiger partial charge on any atom is -0.465 e. The van der Waals surface area contributed by atoms with Crippen LogP contribution in [0, 0.1) is 0 Å². The van der Waals surface area contributed by atoms with Crippen molar-refractivity contribution in [2.45, 2.75) is 45.4 Å². The van der Waals surface area contributed by atoms with Crippen LogP contribution in [0.3, 0.4) is 0 Å². The van der Waals surface area contributed by atoms with Gasteiger partial charge in [0, 0.05) is 11.6 Å². The minimum atomic E-state index is -0.883. The summed E-state index contributed by atoms with van der Waals surface area (Å²) in [4.78, 5) is 23.5. The molecule has 0 spiro atoms. The summed E-state index contributed by atoms with van der Waals surface area (Å²) in [6.45, 7) is 5.74. The Labute approximate surface area is 210 Å². The van der Waals surface area contributed by atoms with Crippen LogP contribution in [0.25, 0.3) is 0 Å². The maximum atomic E-state index is 11.9. The number of methoxy groups -OCH3 is 1. The van der Waals surface area contributed by atoms with Crippen LogP contribution in [0.2, 0.25) is 5.02 Å². The predicted molar refractivity (Wildman–Crippen MR) is 136 cm³/mol. The number of halogens is 1. The highest BCUT2D eigenvalue weighted by molar-refractivity contribution is 6.30. The van der Waals surface area contributed by atoms with Crippen molar-refractivity contribution in [1.82, 2.24) is 5.32 Å². The smallest absolute Gasteiger partial charge is 0.407 e. The Morgan fingerprint density at radius 1 is 0.971 bits per heavy atom. The van der Waals surface area contributed by atoms with Crippen LogP contribution in [0.1, 0.15) is 65.1 Å². The Morgan fingerprint density at radius 3 is 2.20 bits per heavy atom. The van der Waals surface area contributed by atoms with Gasteiger partial charge in [-0.05, 0) is 79.3 Å². The van der Waals surface area contributed by atoms with Gasteiger partial charge in [0.05, 0.1) is 12.7 Å². The van der Waals surface area contributed by atoms with Crippen molar-refractivity contribution >= 4 is 23.7 Å². The quantitative estimate of drug-likeness (QED) is 0.403. The standard InChI is InChI=1S/C28H30ClNO5/c1-28(2,3)35-27(33)30-17-19-7-9-20(10-8-19)25(31)24-16-23(29)14-13-22(24)15-18-5-11-21(12-6-18)26(32)34-4/h5-14,16,25,31H,15,17H2,1-4H3,(H,30,33). The molecule has 1 atom stereocenters. The number of aliphatic hydroxyl groups excluding tert-OH is 1. The van der Waals surface area contributed by atoms with Crippen LogP contribution in [-0.4, -0.2) is 29.9 Å². The van der Waals surface area contributed by atoms with Gasteiger partial charge >= 0.3 is 12.1 Å². The highest BCUT2D eigenvalue weighted by Gasteiger charge is 2.18. The van der Waals surface area contributed by atoms with Crippen molar-refractivity contribution in [2.24, 2.45) is 0 Å². The zero-order valence-electron chi connectivity index (χ0n) is 20.3. The van der Waals surface area contributed by atoms with Crippen LogP contribution >= 0.6 is 11.6 Å². The van der Waals surface area contributed by atoms with Crippen LogP contribution in [0.15, 0.2) is 66.7 Å². The maximum Gasteiger partial charge on any atom is 0.407 e. The molecule has 1 amide bonds. The molecule has 0 fully saturated rings. The molecule has 0 aliphatic rings. The third-order valence-corrected chi connectivity index (χ3v) is 5.54. The molecular formula is C28H30ClNO5. The molecule has 3 rings (SSSR count). The van der Waals surface area contributed by atoms with Gasteiger partial charge in [-0.3, -0.25) is 0 Å². The zero-order chi connectivity index (χ0) is 25.6. The fraction of sp³-hybridized carbons (Fsp3) is 0.286. The van der Waals surface area contributed by atoms with Crippen LogP contribution in [-0.2, 0) is 22.4 Å². The lowest BCUT2D eigenvalue weighted by molar-refractivity contribution is 0.0522. The molecule has 35 heavy (non-hydrogen) atoms. The third-order valence-electron chi connectivity index (χ3n) is 5.30. The van der Waals surface area contributed by atoms with Crippen LogP contribution < -0.4 is 5.32 Å². The van der Waals surface area contributed by atoms with Gasteiger partial charge in [-0.15, -0.1) is 0 Å². The Balaban J connectivity index is 1.73. The SMILES string of the molecule is COC(=O)c1ccc(Cc2ccc(Cl)cc2C(O)c2ccc(CNC(=O)OC(C)(C)C)cc2)cc1. The number of benzene rings is 3. The first-order chi connectivity index (χ1) is 16.6. The first-order valence-electron chi connectivity index (χ1n) is 11.2. The molecule has 0 aliphatic carbocycles. The molecule has 3 aromatic carbocycles. The van der Waals surface area contributed by atoms with Gasteiger partial charge in [-0.2, -0.15) is 0 Å². The number of hydrogen-bond donors (Lipinski definition) is 2. The lowest BCUT2D eigenvalue weighted by Gasteiger charge is -2.20. The number of carbonyl (C=O) groups excluding carboxylic acids is 2. The topological polar surface area (TPSA) is 84.9 Å². The summed E-state index contributed by atoms with van der Waals surface area (Å²) in [7, 11) is 1.35. The van der Waals surface area contributed by atoms with Crippen molar-refractivity contribution in [3.63, 3.8) is 0 Å². The Hall–Kier alpha value is -3.35. The van der Waals surface area contributed by atoms with Gasteiger partial charge in [0.25, 0.3) is 0 Å². The number of ether oxygens (including phenoxy) is 2. The summed E-state index contributed by atoms with van der Waals surface area (Å²) in [5.41, 5.74) is 4.11. The van der Waals surface area contributed by atoms with Crippen molar-refractivity contribution in [3.8, 4) is 0 Å². The van der Waals surface area contributed by atoms with Gasteiger partial charge in [0.1, 0.15) is 11.7 Å². The molecule has 1 unspecified atom stereocenters. The fourth-order valence-electron chi connectivity index (χ4n) is 3.56. The summed E-state index contributed by atoms with van der Waals surface area (Å²) >= 11 is 6.25. The van der Waals surface area contributed by atoms with Gasteiger partial charge < -0.3 is 19.9 Å². The molecule has 0 saturated carbocycles. The van der Waals surface area contributed by atoms with E-state index in [2.05, 4.69) is 5.32 Å². The molecule has 0 bridgehead atoms. The van der Waals surface area contributed by atoms with Crippen LogP contribution in [0.5, 0.6) is 0 Å². The fourth-order valence-corrected chi connectivity index (χ4v) is 3.74. The largest absolute Gasteiger partial charge is 0.465 e. The van der Waals surface area contributed by atoms with Gasteiger partial charge in [-0.25, -0.2) is 9.59 Å². The predicted octanol–water partition coefficient (Wildman–Crippen LogP) is 5.82. The molecule has 6 nitrogen and oxygen atoms in total. The first-order valence-corrected chi connectivity index (χ1v) is 11.6. The minimum absolute atomic E-state index is 0.315. The highest BCUT2D eigenvalue weighted by Crippen LogP contribution is 2.29. The van der Waals surface area contributed by atoms with E-state index < -0.39 is 17.8 Å². The molecule has 7 heteroatoms. The summed E-state index contributed by atoms with van der Waals surface area (Å²) in [5.74, 6) is -0.385. The van der Waals surface area contributed by atoms with Crippen molar-refractivity contribution in [3.05, 3.63) is 105 Å². The lowest BCUT2D eigenvalue weighted by atomic mass is 9.92. The number of alkyl carbamates (subject to hydrolysis) is 1. The number of aliphatic hydroxyl groups is 1. The summed E-state index contributed by atoms with van der Waals surface area (Å²) < 4.78 is 10.00. The van der Waals surface area contributed by atoms with Gasteiger partial charge in [0.2, 0.25) is 0 Å². The summed E-state index contributed by atoms with van der Waals surface area (Å²) in [5, 5.41) is 14.4. The summed E-state index contributed by atoms with van der Waals surface area (Å²) in [6.07, 6.45) is -0.807.